The number of rotatable bonds is 5. The van der Waals surface area contributed by atoms with Crippen LogP contribution in [-0.2, 0) is 0 Å². The summed E-state index contributed by atoms with van der Waals surface area (Å²) in [5.41, 5.74) is 0.992. The van der Waals surface area contributed by atoms with Crippen LogP contribution in [0.1, 0.15) is 26.2 Å². The van der Waals surface area contributed by atoms with Gasteiger partial charge in [-0.1, -0.05) is 0 Å². The molecule has 1 aromatic carbocycles. The molecule has 0 bridgehead atoms. The summed E-state index contributed by atoms with van der Waals surface area (Å²) in [4.78, 5) is 11.0. The highest BCUT2D eigenvalue weighted by Gasteiger charge is 2.12. The smallest absolute Gasteiger partial charge is 0.135 e. The normalized spacial score (nSPS) is 14.7. The number of ether oxygens (including phenoxy) is 1. The molecule has 1 aromatic heterocycles. The average Bonchev–Trinajstić information content (AvgIpc) is 2.58. The van der Waals surface area contributed by atoms with Crippen molar-refractivity contribution in [2.75, 3.05) is 29.9 Å². The predicted molar refractivity (Wildman–Crippen MR) is 89.0 cm³/mol. The molecule has 1 fully saturated rings. The van der Waals surface area contributed by atoms with Gasteiger partial charge in [-0.15, -0.1) is 0 Å². The quantitative estimate of drug-likeness (QED) is 0.914. The van der Waals surface area contributed by atoms with Crippen LogP contribution in [0.2, 0.25) is 0 Å². The average molecular weight is 298 g/mol. The lowest BCUT2D eigenvalue weighted by Gasteiger charge is -2.27. The van der Waals surface area contributed by atoms with Crippen LogP contribution in [0.3, 0.4) is 0 Å². The van der Waals surface area contributed by atoms with Crippen molar-refractivity contribution >= 4 is 17.3 Å². The van der Waals surface area contributed by atoms with E-state index in [2.05, 4.69) is 20.2 Å². The van der Waals surface area contributed by atoms with E-state index in [1.807, 2.05) is 37.3 Å². The maximum atomic E-state index is 5.45. The fraction of sp³-hybridized carbons (Fsp3) is 0.412. The van der Waals surface area contributed by atoms with Crippen molar-refractivity contribution in [1.82, 2.24) is 9.97 Å². The third kappa shape index (κ3) is 3.67. The van der Waals surface area contributed by atoms with E-state index in [4.69, 9.17) is 4.74 Å². The minimum atomic E-state index is 0.678. The molecule has 0 unspecified atom stereocenters. The lowest BCUT2D eigenvalue weighted by atomic mass is 10.1. The number of aromatic nitrogens is 2. The van der Waals surface area contributed by atoms with Gasteiger partial charge in [-0.05, 0) is 50.5 Å². The van der Waals surface area contributed by atoms with E-state index in [1.165, 1.54) is 19.3 Å². The van der Waals surface area contributed by atoms with Gasteiger partial charge in [0.25, 0.3) is 0 Å². The zero-order chi connectivity index (χ0) is 15.2. The lowest BCUT2D eigenvalue weighted by molar-refractivity contribution is 0.340. The zero-order valence-electron chi connectivity index (χ0n) is 13.0. The van der Waals surface area contributed by atoms with Crippen molar-refractivity contribution in [2.45, 2.75) is 26.2 Å². The van der Waals surface area contributed by atoms with Crippen molar-refractivity contribution in [1.29, 1.82) is 0 Å². The second kappa shape index (κ2) is 7.11. The Morgan fingerprint density at radius 1 is 1.09 bits per heavy atom. The van der Waals surface area contributed by atoms with Gasteiger partial charge >= 0.3 is 0 Å². The highest BCUT2D eigenvalue weighted by Crippen LogP contribution is 2.22. The first-order valence-corrected chi connectivity index (χ1v) is 7.92. The van der Waals surface area contributed by atoms with E-state index in [9.17, 15) is 0 Å². The van der Waals surface area contributed by atoms with Crippen LogP contribution < -0.4 is 15.0 Å². The van der Waals surface area contributed by atoms with Crippen molar-refractivity contribution in [2.24, 2.45) is 0 Å². The third-order valence-corrected chi connectivity index (χ3v) is 3.77. The van der Waals surface area contributed by atoms with Crippen LogP contribution in [0.25, 0.3) is 0 Å². The predicted octanol–water partition coefficient (Wildman–Crippen LogP) is 3.61. The van der Waals surface area contributed by atoms with Crippen LogP contribution in [0.15, 0.2) is 36.7 Å². The monoisotopic (exact) mass is 298 g/mol. The Labute approximate surface area is 131 Å². The highest BCUT2D eigenvalue weighted by atomic mass is 16.5. The molecule has 1 saturated heterocycles. The van der Waals surface area contributed by atoms with Gasteiger partial charge in [-0.3, -0.25) is 0 Å². The maximum absolute atomic E-state index is 5.45. The van der Waals surface area contributed by atoms with Gasteiger partial charge in [0.05, 0.1) is 6.61 Å². The number of nitrogens with zero attached hydrogens (tertiary/aromatic N) is 3. The molecule has 116 valence electrons. The van der Waals surface area contributed by atoms with Crippen LogP contribution in [0.4, 0.5) is 17.3 Å². The largest absolute Gasteiger partial charge is 0.494 e. The second-order valence-electron chi connectivity index (χ2n) is 5.39. The molecule has 0 spiro atoms. The summed E-state index contributed by atoms with van der Waals surface area (Å²) >= 11 is 0. The van der Waals surface area contributed by atoms with E-state index in [0.717, 1.165) is 36.2 Å². The van der Waals surface area contributed by atoms with Crippen molar-refractivity contribution in [3.63, 3.8) is 0 Å². The lowest BCUT2D eigenvalue weighted by Crippen LogP contribution is -2.30. The van der Waals surface area contributed by atoms with Crippen LogP contribution >= 0.6 is 0 Å². The fourth-order valence-corrected chi connectivity index (χ4v) is 2.66. The Morgan fingerprint density at radius 2 is 1.86 bits per heavy atom. The molecule has 2 aromatic rings. The molecule has 3 rings (SSSR count). The van der Waals surface area contributed by atoms with E-state index in [-0.39, 0.29) is 0 Å². The Kier molecular flexibility index (Phi) is 4.73. The van der Waals surface area contributed by atoms with E-state index in [0.29, 0.717) is 6.61 Å². The van der Waals surface area contributed by atoms with Crippen molar-refractivity contribution < 1.29 is 4.74 Å². The van der Waals surface area contributed by atoms with Crippen molar-refractivity contribution in [3.05, 3.63) is 36.7 Å². The Hall–Kier alpha value is -2.30. The molecule has 22 heavy (non-hydrogen) atoms. The summed E-state index contributed by atoms with van der Waals surface area (Å²) in [7, 11) is 0. The fourth-order valence-electron chi connectivity index (χ4n) is 2.66. The highest BCUT2D eigenvalue weighted by molar-refractivity contribution is 5.60. The first-order chi connectivity index (χ1) is 10.8. The zero-order valence-corrected chi connectivity index (χ0v) is 13.0. The number of anilines is 3. The molecular weight excluding hydrogens is 276 g/mol. The maximum Gasteiger partial charge on any atom is 0.135 e. The Balaban J connectivity index is 1.69. The number of piperidine rings is 1. The van der Waals surface area contributed by atoms with Crippen molar-refractivity contribution in [3.8, 4) is 5.75 Å². The molecule has 0 atom stereocenters. The van der Waals surface area contributed by atoms with Gasteiger partial charge in [0, 0.05) is 24.8 Å². The molecular formula is C17H22N4O. The first kappa shape index (κ1) is 14.6. The molecule has 0 amide bonds. The van der Waals surface area contributed by atoms with Gasteiger partial charge in [0.15, 0.2) is 0 Å². The molecule has 0 radical (unpaired) electrons. The summed E-state index contributed by atoms with van der Waals surface area (Å²) in [5.74, 6) is 2.70. The molecule has 1 N–H and O–H groups in total. The van der Waals surface area contributed by atoms with Gasteiger partial charge in [-0.25, -0.2) is 9.97 Å². The summed E-state index contributed by atoms with van der Waals surface area (Å²) in [6.45, 7) is 4.83. The number of nitrogens with one attached hydrogen (secondary N) is 1. The Morgan fingerprint density at radius 3 is 2.59 bits per heavy atom. The van der Waals surface area contributed by atoms with Gasteiger partial charge < -0.3 is 15.0 Å². The molecule has 0 saturated carbocycles. The summed E-state index contributed by atoms with van der Waals surface area (Å²) < 4.78 is 5.45. The second-order valence-corrected chi connectivity index (χ2v) is 5.39. The molecule has 0 aliphatic carbocycles. The number of hydrogen-bond acceptors (Lipinski definition) is 5. The number of benzene rings is 1. The summed E-state index contributed by atoms with van der Waals surface area (Å²) in [5, 5.41) is 3.32. The van der Waals surface area contributed by atoms with Crippen LogP contribution in [-0.4, -0.2) is 29.7 Å². The third-order valence-electron chi connectivity index (χ3n) is 3.77. The van der Waals surface area contributed by atoms with E-state index < -0.39 is 0 Å². The van der Waals surface area contributed by atoms with E-state index >= 15 is 0 Å². The van der Waals surface area contributed by atoms with Gasteiger partial charge in [-0.2, -0.15) is 0 Å². The Bertz CT molecular complexity index is 594. The molecule has 5 nitrogen and oxygen atoms in total. The molecule has 1 aliphatic rings. The van der Waals surface area contributed by atoms with E-state index in [1.54, 1.807) is 6.33 Å². The van der Waals surface area contributed by atoms with Crippen LogP contribution in [0, 0.1) is 0 Å². The van der Waals surface area contributed by atoms with Gasteiger partial charge in [0.1, 0.15) is 23.7 Å². The summed E-state index contributed by atoms with van der Waals surface area (Å²) in [6.07, 6.45) is 5.43. The summed E-state index contributed by atoms with van der Waals surface area (Å²) in [6, 6.07) is 9.92. The standard InChI is InChI=1S/C17H22N4O/c1-2-22-15-8-6-14(7-9-15)20-16-12-17(19-13-18-16)21-10-4-3-5-11-21/h6-9,12-13H,2-5,10-11H2,1H3,(H,18,19,20). The minimum absolute atomic E-state index is 0.678. The molecule has 1 aliphatic heterocycles. The van der Waals surface area contributed by atoms with Crippen LogP contribution in [0.5, 0.6) is 5.75 Å². The topological polar surface area (TPSA) is 50.3 Å². The minimum Gasteiger partial charge on any atom is -0.494 e. The SMILES string of the molecule is CCOc1ccc(Nc2cc(N3CCCCC3)ncn2)cc1. The first-order valence-electron chi connectivity index (χ1n) is 7.92. The molecule has 5 heteroatoms. The molecule has 2 heterocycles. The number of hydrogen-bond donors (Lipinski definition) is 1. The van der Waals surface area contributed by atoms with Gasteiger partial charge in [0.2, 0.25) is 0 Å².